The monoisotopic (exact) mass is 299 g/mol. The number of benzene rings is 2. The predicted octanol–water partition coefficient (Wildman–Crippen LogP) is 4.68. The average Bonchev–Trinajstić information content (AvgIpc) is 3.03. The number of para-hydroxylation sites is 2. The second-order valence-corrected chi connectivity index (χ2v) is 6.27. The fourth-order valence-corrected chi connectivity index (χ4v) is 4.01. The van der Waals surface area contributed by atoms with Crippen molar-refractivity contribution in [3.63, 3.8) is 0 Å². The van der Waals surface area contributed by atoms with Crippen LogP contribution in [0.25, 0.3) is 43.7 Å². The molecule has 0 fully saturated rings. The molecule has 0 aliphatic heterocycles. The maximum atomic E-state index is 4.95. The van der Waals surface area contributed by atoms with Gasteiger partial charge < -0.3 is 9.13 Å². The lowest BCUT2D eigenvalue weighted by Gasteiger charge is -2.03. The SMILES string of the molecule is Cc1nc2c(c3ccccc3n2C)c2c1c1ccccc1n2C. The lowest BCUT2D eigenvalue weighted by molar-refractivity contribution is 0.981. The van der Waals surface area contributed by atoms with Crippen LogP contribution >= 0.6 is 0 Å². The van der Waals surface area contributed by atoms with E-state index in [1.54, 1.807) is 0 Å². The van der Waals surface area contributed by atoms with Crippen molar-refractivity contribution in [3.8, 4) is 0 Å². The van der Waals surface area contributed by atoms with E-state index in [0.717, 1.165) is 11.3 Å². The Balaban J connectivity index is 2.23. The second-order valence-electron chi connectivity index (χ2n) is 6.27. The van der Waals surface area contributed by atoms with Crippen molar-refractivity contribution < 1.29 is 0 Å². The van der Waals surface area contributed by atoms with E-state index in [1.165, 1.54) is 38.1 Å². The van der Waals surface area contributed by atoms with Gasteiger partial charge in [-0.25, -0.2) is 4.98 Å². The summed E-state index contributed by atoms with van der Waals surface area (Å²) in [6.45, 7) is 2.12. The third kappa shape index (κ3) is 1.42. The molecule has 5 rings (SSSR count). The summed E-state index contributed by atoms with van der Waals surface area (Å²) in [6.07, 6.45) is 0. The van der Waals surface area contributed by atoms with Crippen LogP contribution in [0.5, 0.6) is 0 Å². The van der Waals surface area contributed by atoms with Gasteiger partial charge in [-0.15, -0.1) is 0 Å². The van der Waals surface area contributed by atoms with Gasteiger partial charge in [0.2, 0.25) is 0 Å². The van der Waals surface area contributed by atoms with Crippen molar-refractivity contribution >= 4 is 43.7 Å². The minimum atomic E-state index is 1.06. The third-order valence-electron chi connectivity index (χ3n) is 5.06. The summed E-state index contributed by atoms with van der Waals surface area (Å²) in [7, 11) is 4.26. The van der Waals surface area contributed by atoms with E-state index in [9.17, 15) is 0 Å². The number of pyridine rings is 1. The Hall–Kier alpha value is -2.81. The first-order valence-electron chi connectivity index (χ1n) is 7.89. The molecule has 3 heterocycles. The van der Waals surface area contributed by atoms with Crippen molar-refractivity contribution in [3.05, 3.63) is 54.2 Å². The van der Waals surface area contributed by atoms with Gasteiger partial charge in [0.15, 0.2) is 0 Å². The van der Waals surface area contributed by atoms with Crippen molar-refractivity contribution in [1.29, 1.82) is 0 Å². The minimum absolute atomic E-state index is 1.06. The second kappa shape index (κ2) is 4.13. The van der Waals surface area contributed by atoms with E-state index in [-0.39, 0.29) is 0 Å². The first-order chi connectivity index (χ1) is 11.2. The Morgan fingerprint density at radius 3 is 2.00 bits per heavy atom. The molecule has 23 heavy (non-hydrogen) atoms. The molecule has 0 aliphatic rings. The molecular formula is C20H17N3. The highest BCUT2D eigenvalue weighted by molar-refractivity contribution is 6.24. The Morgan fingerprint density at radius 1 is 0.739 bits per heavy atom. The minimum Gasteiger partial charge on any atom is -0.343 e. The molecule has 0 N–H and O–H groups in total. The number of fused-ring (bicyclic) bond motifs is 7. The maximum absolute atomic E-state index is 4.95. The van der Waals surface area contributed by atoms with Crippen LogP contribution in [0.4, 0.5) is 0 Å². The largest absolute Gasteiger partial charge is 0.343 e. The molecule has 0 radical (unpaired) electrons. The van der Waals surface area contributed by atoms with E-state index in [2.05, 4.69) is 78.7 Å². The molecule has 3 heteroatoms. The molecule has 0 spiro atoms. The van der Waals surface area contributed by atoms with E-state index in [0.29, 0.717) is 0 Å². The zero-order chi connectivity index (χ0) is 15.7. The summed E-state index contributed by atoms with van der Waals surface area (Å²) >= 11 is 0. The first-order valence-corrected chi connectivity index (χ1v) is 7.89. The van der Waals surface area contributed by atoms with Crippen LogP contribution in [-0.4, -0.2) is 14.1 Å². The van der Waals surface area contributed by atoms with Crippen LogP contribution in [0.3, 0.4) is 0 Å². The van der Waals surface area contributed by atoms with Crippen LogP contribution in [-0.2, 0) is 14.1 Å². The zero-order valence-electron chi connectivity index (χ0n) is 13.5. The van der Waals surface area contributed by atoms with Gasteiger partial charge in [0, 0.05) is 41.5 Å². The first kappa shape index (κ1) is 12.7. The van der Waals surface area contributed by atoms with Gasteiger partial charge in [-0.2, -0.15) is 0 Å². The maximum Gasteiger partial charge on any atom is 0.143 e. The summed E-state index contributed by atoms with van der Waals surface area (Å²) < 4.78 is 4.52. The molecule has 3 nitrogen and oxygen atoms in total. The van der Waals surface area contributed by atoms with E-state index < -0.39 is 0 Å². The molecule has 112 valence electrons. The van der Waals surface area contributed by atoms with Crippen LogP contribution in [0, 0.1) is 6.92 Å². The molecular weight excluding hydrogens is 282 g/mol. The van der Waals surface area contributed by atoms with Crippen molar-refractivity contribution in [1.82, 2.24) is 14.1 Å². The Bertz CT molecular complexity index is 1240. The van der Waals surface area contributed by atoms with Crippen molar-refractivity contribution in [2.45, 2.75) is 6.92 Å². The normalized spacial score (nSPS) is 12.1. The lowest BCUT2D eigenvalue weighted by Crippen LogP contribution is -1.94. The van der Waals surface area contributed by atoms with E-state index >= 15 is 0 Å². The van der Waals surface area contributed by atoms with Gasteiger partial charge in [-0.1, -0.05) is 36.4 Å². The van der Waals surface area contributed by atoms with Crippen LogP contribution in [0.15, 0.2) is 48.5 Å². The number of hydrogen-bond acceptors (Lipinski definition) is 1. The lowest BCUT2D eigenvalue weighted by atomic mass is 10.1. The molecule has 2 aromatic carbocycles. The smallest absolute Gasteiger partial charge is 0.143 e. The van der Waals surface area contributed by atoms with Gasteiger partial charge in [0.1, 0.15) is 5.65 Å². The number of hydrogen-bond donors (Lipinski definition) is 0. The highest BCUT2D eigenvalue weighted by Crippen LogP contribution is 2.38. The molecule has 0 saturated heterocycles. The van der Waals surface area contributed by atoms with Gasteiger partial charge in [0.05, 0.1) is 16.4 Å². The van der Waals surface area contributed by atoms with Crippen molar-refractivity contribution in [2.75, 3.05) is 0 Å². The van der Waals surface area contributed by atoms with Crippen molar-refractivity contribution in [2.24, 2.45) is 14.1 Å². The van der Waals surface area contributed by atoms with Gasteiger partial charge in [0.25, 0.3) is 0 Å². The highest BCUT2D eigenvalue weighted by atomic mass is 15.0. The summed E-state index contributed by atoms with van der Waals surface area (Å²) in [6, 6.07) is 17.2. The Morgan fingerprint density at radius 2 is 1.30 bits per heavy atom. The molecule has 0 bridgehead atoms. The molecule has 3 aromatic heterocycles. The van der Waals surface area contributed by atoms with Crippen LogP contribution in [0.1, 0.15) is 5.69 Å². The standard InChI is InChI=1S/C20H17N3/c1-12-17-13-8-4-6-10-15(13)22(2)19(17)18-14-9-5-7-11-16(14)23(3)20(18)21-12/h4-11H,1-3H3. The highest BCUT2D eigenvalue weighted by Gasteiger charge is 2.19. The van der Waals surface area contributed by atoms with Crippen LogP contribution < -0.4 is 0 Å². The zero-order valence-corrected chi connectivity index (χ0v) is 13.5. The van der Waals surface area contributed by atoms with Crippen LogP contribution in [0.2, 0.25) is 0 Å². The number of nitrogens with zero attached hydrogens (tertiary/aromatic N) is 3. The Labute approximate surface area is 133 Å². The molecule has 5 aromatic rings. The summed E-state index contributed by atoms with van der Waals surface area (Å²) in [5.41, 5.74) is 5.92. The number of rotatable bonds is 0. The predicted molar refractivity (Wildman–Crippen MR) is 96.9 cm³/mol. The fourth-order valence-electron chi connectivity index (χ4n) is 4.01. The molecule has 0 aliphatic carbocycles. The Kier molecular flexibility index (Phi) is 2.28. The molecule has 0 unspecified atom stereocenters. The summed E-state index contributed by atoms with van der Waals surface area (Å²) in [4.78, 5) is 4.95. The number of aromatic nitrogens is 3. The van der Waals surface area contributed by atoms with Gasteiger partial charge in [-0.05, 0) is 19.1 Å². The van der Waals surface area contributed by atoms with Gasteiger partial charge >= 0.3 is 0 Å². The van der Waals surface area contributed by atoms with E-state index in [4.69, 9.17) is 4.98 Å². The summed E-state index contributed by atoms with van der Waals surface area (Å²) in [5.74, 6) is 0. The molecule has 0 saturated carbocycles. The van der Waals surface area contributed by atoms with Gasteiger partial charge in [-0.3, -0.25) is 0 Å². The quantitative estimate of drug-likeness (QED) is 0.407. The molecule has 0 amide bonds. The number of aryl methyl sites for hydroxylation is 3. The van der Waals surface area contributed by atoms with E-state index in [1.807, 2.05) is 0 Å². The molecule has 0 atom stereocenters. The fraction of sp³-hybridized carbons (Fsp3) is 0.150. The topological polar surface area (TPSA) is 22.8 Å². The third-order valence-corrected chi connectivity index (χ3v) is 5.06. The summed E-state index contributed by atoms with van der Waals surface area (Å²) in [5, 5.41) is 5.08. The average molecular weight is 299 g/mol.